The molecule has 27 heavy (non-hydrogen) atoms. The first-order chi connectivity index (χ1) is 12.9. The number of carbonyl (C=O) groups excluding carboxylic acids is 1. The highest BCUT2D eigenvalue weighted by atomic mass is 16.5. The molecule has 1 aliphatic rings. The van der Waals surface area contributed by atoms with Crippen LogP contribution in [0.5, 0.6) is 0 Å². The first kappa shape index (κ1) is 19.6. The molecule has 5 nitrogen and oxygen atoms in total. The van der Waals surface area contributed by atoms with Gasteiger partial charge < -0.3 is 14.5 Å². The van der Waals surface area contributed by atoms with Gasteiger partial charge in [-0.05, 0) is 31.4 Å². The fourth-order valence-electron chi connectivity index (χ4n) is 3.72. The van der Waals surface area contributed by atoms with Crippen LogP contribution in [0, 0.1) is 12.8 Å². The van der Waals surface area contributed by atoms with E-state index < -0.39 is 0 Å². The van der Waals surface area contributed by atoms with Gasteiger partial charge >= 0.3 is 0 Å². The van der Waals surface area contributed by atoms with Crippen LogP contribution in [-0.2, 0) is 16.1 Å². The average Bonchev–Trinajstić information content (AvgIpc) is 3.13. The second-order valence-electron chi connectivity index (χ2n) is 8.02. The van der Waals surface area contributed by atoms with Crippen LogP contribution in [0.3, 0.4) is 0 Å². The van der Waals surface area contributed by atoms with E-state index >= 15 is 0 Å². The maximum absolute atomic E-state index is 12.9. The van der Waals surface area contributed by atoms with E-state index in [9.17, 15) is 4.79 Å². The molecule has 1 saturated heterocycles. The lowest BCUT2D eigenvalue weighted by molar-refractivity contribution is -0.136. The highest BCUT2D eigenvalue weighted by Gasteiger charge is 2.25. The van der Waals surface area contributed by atoms with Crippen molar-refractivity contribution in [2.45, 2.75) is 46.3 Å². The molecule has 0 N–H and O–H groups in total. The molecule has 5 heteroatoms. The van der Waals surface area contributed by atoms with Gasteiger partial charge in [-0.3, -0.25) is 4.79 Å². The third kappa shape index (κ3) is 4.41. The van der Waals surface area contributed by atoms with E-state index in [0.29, 0.717) is 13.1 Å². The van der Waals surface area contributed by atoms with Crippen molar-refractivity contribution >= 4 is 22.6 Å². The molecule has 1 amide bonds. The van der Waals surface area contributed by atoms with Crippen LogP contribution in [-0.4, -0.2) is 49.1 Å². The molecule has 0 aliphatic carbocycles. The molecular weight excluding hydrogens is 338 g/mol. The standard InChI is InChI=1S/C22H31N3O2/c1-15(2)22(26)25(14-19-10-7-11-27-19)13-18-12-17-9-6-8-16(3)20(17)23-21(18)24(4)5/h6,8-9,12,15,19H,7,10-11,13-14H2,1-5H3/t19-/m1/s1. The normalized spacial score (nSPS) is 16.9. The Morgan fingerprint density at radius 3 is 2.74 bits per heavy atom. The minimum Gasteiger partial charge on any atom is -0.376 e. The molecule has 3 rings (SSSR count). The van der Waals surface area contributed by atoms with Gasteiger partial charge in [-0.25, -0.2) is 4.98 Å². The average molecular weight is 370 g/mol. The van der Waals surface area contributed by atoms with Gasteiger partial charge in [-0.15, -0.1) is 0 Å². The first-order valence-electron chi connectivity index (χ1n) is 9.83. The third-order valence-electron chi connectivity index (χ3n) is 5.14. The Morgan fingerprint density at radius 1 is 1.33 bits per heavy atom. The fourth-order valence-corrected chi connectivity index (χ4v) is 3.72. The van der Waals surface area contributed by atoms with Crippen LogP contribution in [0.25, 0.3) is 10.9 Å². The zero-order valence-electron chi connectivity index (χ0n) is 17.2. The van der Waals surface area contributed by atoms with E-state index in [4.69, 9.17) is 9.72 Å². The Labute approximate surface area is 162 Å². The van der Waals surface area contributed by atoms with E-state index in [1.54, 1.807) is 0 Å². The van der Waals surface area contributed by atoms with Gasteiger partial charge in [0.2, 0.25) is 5.91 Å². The number of ether oxygens (including phenoxy) is 1. The number of benzene rings is 1. The van der Waals surface area contributed by atoms with Crippen molar-refractivity contribution in [3.05, 3.63) is 35.4 Å². The predicted octanol–water partition coefficient (Wildman–Crippen LogP) is 3.77. The lowest BCUT2D eigenvalue weighted by Crippen LogP contribution is -2.39. The van der Waals surface area contributed by atoms with Crippen molar-refractivity contribution in [1.29, 1.82) is 0 Å². The smallest absolute Gasteiger partial charge is 0.225 e. The summed E-state index contributed by atoms with van der Waals surface area (Å²) in [6, 6.07) is 8.41. The molecule has 1 aromatic heterocycles. The quantitative estimate of drug-likeness (QED) is 0.777. The van der Waals surface area contributed by atoms with Gasteiger partial charge in [0.25, 0.3) is 0 Å². The Kier molecular flexibility index (Phi) is 6.00. The summed E-state index contributed by atoms with van der Waals surface area (Å²) >= 11 is 0. The molecule has 1 atom stereocenters. The van der Waals surface area contributed by atoms with Gasteiger partial charge in [0, 0.05) is 50.7 Å². The van der Waals surface area contributed by atoms with Crippen LogP contribution in [0.4, 0.5) is 5.82 Å². The number of carbonyl (C=O) groups is 1. The van der Waals surface area contributed by atoms with Crippen molar-refractivity contribution in [1.82, 2.24) is 9.88 Å². The maximum atomic E-state index is 12.9. The number of aryl methyl sites for hydroxylation is 1. The third-order valence-corrected chi connectivity index (χ3v) is 5.14. The van der Waals surface area contributed by atoms with E-state index in [-0.39, 0.29) is 17.9 Å². The monoisotopic (exact) mass is 369 g/mol. The summed E-state index contributed by atoms with van der Waals surface area (Å²) in [5.74, 6) is 1.05. The number of para-hydroxylation sites is 1. The van der Waals surface area contributed by atoms with Gasteiger partial charge in [-0.2, -0.15) is 0 Å². The molecule has 0 spiro atoms. The number of amides is 1. The minimum absolute atomic E-state index is 0.0372. The summed E-state index contributed by atoms with van der Waals surface area (Å²) in [7, 11) is 4.01. The van der Waals surface area contributed by atoms with E-state index in [1.165, 1.54) is 0 Å². The summed E-state index contributed by atoms with van der Waals surface area (Å²) < 4.78 is 5.79. The first-order valence-corrected chi connectivity index (χ1v) is 9.83. The molecule has 2 aromatic rings. The molecule has 0 radical (unpaired) electrons. The Hall–Kier alpha value is -2.14. The number of hydrogen-bond donors (Lipinski definition) is 0. The van der Waals surface area contributed by atoms with Crippen LogP contribution >= 0.6 is 0 Å². The highest BCUT2D eigenvalue weighted by Crippen LogP contribution is 2.27. The molecule has 0 bridgehead atoms. The number of aromatic nitrogens is 1. The zero-order valence-corrected chi connectivity index (χ0v) is 17.2. The maximum Gasteiger partial charge on any atom is 0.225 e. The molecule has 0 saturated carbocycles. The SMILES string of the molecule is Cc1cccc2cc(CN(C[C@H]3CCCO3)C(=O)C(C)C)c(N(C)C)nc12. The zero-order chi connectivity index (χ0) is 19.6. The largest absolute Gasteiger partial charge is 0.376 e. The Bertz CT molecular complexity index is 811. The van der Waals surface area contributed by atoms with E-state index in [1.807, 2.05) is 37.7 Å². The van der Waals surface area contributed by atoms with Crippen LogP contribution < -0.4 is 4.90 Å². The van der Waals surface area contributed by atoms with Crippen LogP contribution in [0.2, 0.25) is 0 Å². The summed E-state index contributed by atoms with van der Waals surface area (Å²) in [4.78, 5) is 21.8. The highest BCUT2D eigenvalue weighted by molar-refractivity contribution is 5.85. The molecular formula is C22H31N3O2. The Balaban J connectivity index is 1.97. The number of fused-ring (bicyclic) bond motifs is 1. The van der Waals surface area contributed by atoms with Crippen molar-refractivity contribution in [3.63, 3.8) is 0 Å². The van der Waals surface area contributed by atoms with Crippen molar-refractivity contribution < 1.29 is 9.53 Å². The second kappa shape index (κ2) is 8.26. The lowest BCUT2D eigenvalue weighted by Gasteiger charge is -2.29. The summed E-state index contributed by atoms with van der Waals surface area (Å²) in [6.45, 7) is 8.00. The molecule has 1 aromatic carbocycles. The summed E-state index contributed by atoms with van der Waals surface area (Å²) in [5, 5.41) is 1.12. The van der Waals surface area contributed by atoms with E-state index in [2.05, 4.69) is 31.2 Å². The van der Waals surface area contributed by atoms with Gasteiger partial charge in [-0.1, -0.05) is 32.0 Å². The van der Waals surface area contributed by atoms with Crippen LogP contribution in [0.1, 0.15) is 37.8 Å². The van der Waals surface area contributed by atoms with Crippen molar-refractivity contribution in [3.8, 4) is 0 Å². The summed E-state index contributed by atoms with van der Waals surface area (Å²) in [5.41, 5.74) is 3.26. The van der Waals surface area contributed by atoms with Gasteiger partial charge in [0.05, 0.1) is 11.6 Å². The topological polar surface area (TPSA) is 45.7 Å². The molecule has 1 fully saturated rings. The predicted molar refractivity (Wildman–Crippen MR) is 110 cm³/mol. The Morgan fingerprint density at radius 2 is 2.11 bits per heavy atom. The number of nitrogens with zero attached hydrogens (tertiary/aromatic N) is 3. The fraction of sp³-hybridized carbons (Fsp3) is 0.545. The molecule has 1 aliphatic heterocycles. The minimum atomic E-state index is -0.0372. The van der Waals surface area contributed by atoms with E-state index in [0.717, 1.165) is 47.3 Å². The lowest BCUT2D eigenvalue weighted by atomic mass is 10.1. The van der Waals surface area contributed by atoms with Crippen LogP contribution in [0.15, 0.2) is 24.3 Å². The molecule has 146 valence electrons. The number of pyridine rings is 1. The molecule has 0 unspecified atom stereocenters. The number of anilines is 1. The van der Waals surface area contributed by atoms with Crippen molar-refractivity contribution in [2.75, 3.05) is 32.1 Å². The number of rotatable bonds is 6. The molecule has 2 heterocycles. The second-order valence-corrected chi connectivity index (χ2v) is 8.02. The number of hydrogen-bond acceptors (Lipinski definition) is 4. The van der Waals surface area contributed by atoms with Gasteiger partial charge in [0.1, 0.15) is 5.82 Å². The summed E-state index contributed by atoms with van der Waals surface area (Å²) in [6.07, 6.45) is 2.25. The van der Waals surface area contributed by atoms with Crippen molar-refractivity contribution in [2.24, 2.45) is 5.92 Å². The van der Waals surface area contributed by atoms with Gasteiger partial charge in [0.15, 0.2) is 0 Å².